The van der Waals surface area contributed by atoms with E-state index in [1.165, 1.54) is 23.1 Å². The van der Waals surface area contributed by atoms with Gasteiger partial charge in [0.25, 0.3) is 0 Å². The fourth-order valence-electron chi connectivity index (χ4n) is 3.21. The predicted molar refractivity (Wildman–Crippen MR) is 124 cm³/mol. The van der Waals surface area contributed by atoms with Crippen molar-refractivity contribution in [2.45, 2.75) is 26.8 Å². The van der Waals surface area contributed by atoms with Gasteiger partial charge in [0.05, 0.1) is 17.9 Å². The van der Waals surface area contributed by atoms with Crippen molar-refractivity contribution in [2.24, 2.45) is 0 Å². The van der Waals surface area contributed by atoms with Crippen LogP contribution in [0.5, 0.6) is 0 Å². The van der Waals surface area contributed by atoms with E-state index >= 15 is 0 Å². The molecule has 1 heterocycles. The molecule has 7 heteroatoms. The van der Waals surface area contributed by atoms with Crippen LogP contribution in [0.15, 0.2) is 66.9 Å². The molecule has 1 N–H and O–H groups in total. The standard InChI is InChI=1S/C25H27FN4O2/c1-4-29(17-23(31)27-18(2)3)24(32)15-12-20-16-30(22-8-6-5-7-9-22)28-25(20)19-10-13-21(26)14-11-19/h5-16,18H,4,17H2,1-3H3,(H,27,31)/b15-12+. The Bertz CT molecular complexity index is 1090. The van der Waals surface area contributed by atoms with E-state index in [0.29, 0.717) is 17.8 Å². The highest BCUT2D eigenvalue weighted by molar-refractivity contribution is 5.95. The number of carbonyl (C=O) groups excluding carboxylic acids is 2. The summed E-state index contributed by atoms with van der Waals surface area (Å²) >= 11 is 0. The van der Waals surface area contributed by atoms with E-state index in [4.69, 9.17) is 0 Å². The van der Waals surface area contributed by atoms with Gasteiger partial charge in [0, 0.05) is 36.0 Å². The first-order valence-corrected chi connectivity index (χ1v) is 10.5. The Morgan fingerprint density at radius 2 is 1.81 bits per heavy atom. The Balaban J connectivity index is 1.89. The molecular formula is C25H27FN4O2. The minimum atomic E-state index is -0.332. The van der Waals surface area contributed by atoms with Crippen molar-refractivity contribution in [1.82, 2.24) is 20.0 Å². The lowest BCUT2D eigenvalue weighted by molar-refractivity contribution is -0.132. The summed E-state index contributed by atoms with van der Waals surface area (Å²) in [7, 11) is 0. The molecule has 0 unspecified atom stereocenters. The first-order chi connectivity index (χ1) is 15.4. The van der Waals surface area contributed by atoms with E-state index in [0.717, 1.165) is 11.3 Å². The molecule has 0 spiro atoms. The van der Waals surface area contributed by atoms with Gasteiger partial charge in [0.1, 0.15) is 5.82 Å². The quantitative estimate of drug-likeness (QED) is 0.544. The van der Waals surface area contributed by atoms with Crippen molar-refractivity contribution in [2.75, 3.05) is 13.1 Å². The number of amides is 2. The fraction of sp³-hybridized carbons (Fsp3) is 0.240. The summed E-state index contributed by atoms with van der Waals surface area (Å²) in [6.07, 6.45) is 4.93. The average molecular weight is 435 g/mol. The monoisotopic (exact) mass is 434 g/mol. The summed E-state index contributed by atoms with van der Waals surface area (Å²) in [5.74, 6) is -0.807. The predicted octanol–water partition coefficient (Wildman–Crippen LogP) is 4.06. The van der Waals surface area contributed by atoms with Crippen LogP contribution in [0.2, 0.25) is 0 Å². The highest BCUT2D eigenvalue weighted by Gasteiger charge is 2.15. The first-order valence-electron chi connectivity index (χ1n) is 10.5. The Morgan fingerprint density at radius 1 is 1.12 bits per heavy atom. The molecule has 0 bridgehead atoms. The SMILES string of the molecule is CCN(CC(=O)NC(C)C)C(=O)/C=C/c1cn(-c2ccccc2)nc1-c1ccc(F)cc1. The number of likely N-dealkylation sites (N-methyl/N-ethyl adjacent to an activating group) is 1. The molecule has 0 saturated carbocycles. The number of hydrogen-bond acceptors (Lipinski definition) is 3. The Hall–Kier alpha value is -3.74. The third kappa shape index (κ3) is 5.91. The van der Waals surface area contributed by atoms with Crippen molar-refractivity contribution >= 4 is 17.9 Å². The Morgan fingerprint density at radius 3 is 2.44 bits per heavy atom. The molecule has 0 saturated heterocycles. The van der Waals surface area contributed by atoms with Crippen LogP contribution in [0, 0.1) is 5.82 Å². The zero-order valence-corrected chi connectivity index (χ0v) is 18.5. The molecule has 32 heavy (non-hydrogen) atoms. The van der Waals surface area contributed by atoms with Crippen LogP contribution in [0.1, 0.15) is 26.3 Å². The summed E-state index contributed by atoms with van der Waals surface area (Å²) < 4.78 is 15.1. The molecule has 0 aliphatic carbocycles. The van der Waals surface area contributed by atoms with Crippen LogP contribution < -0.4 is 5.32 Å². The molecule has 166 valence electrons. The van der Waals surface area contributed by atoms with E-state index in [-0.39, 0.29) is 30.2 Å². The van der Waals surface area contributed by atoms with Gasteiger partial charge in [-0.05, 0) is 63.2 Å². The van der Waals surface area contributed by atoms with Crippen LogP contribution >= 0.6 is 0 Å². The molecular weight excluding hydrogens is 407 g/mol. The van der Waals surface area contributed by atoms with Gasteiger partial charge in [-0.25, -0.2) is 9.07 Å². The molecule has 0 aliphatic rings. The van der Waals surface area contributed by atoms with Crippen LogP contribution in [-0.2, 0) is 9.59 Å². The van der Waals surface area contributed by atoms with Gasteiger partial charge in [-0.15, -0.1) is 0 Å². The topological polar surface area (TPSA) is 67.2 Å². The highest BCUT2D eigenvalue weighted by Crippen LogP contribution is 2.25. The second-order valence-corrected chi connectivity index (χ2v) is 7.63. The lowest BCUT2D eigenvalue weighted by Gasteiger charge is -2.19. The van der Waals surface area contributed by atoms with Crippen molar-refractivity contribution in [3.05, 3.63) is 78.3 Å². The van der Waals surface area contributed by atoms with Crippen molar-refractivity contribution in [3.8, 4) is 16.9 Å². The van der Waals surface area contributed by atoms with Gasteiger partial charge >= 0.3 is 0 Å². The number of nitrogens with one attached hydrogen (secondary N) is 1. The van der Waals surface area contributed by atoms with Gasteiger partial charge < -0.3 is 10.2 Å². The van der Waals surface area contributed by atoms with Crippen LogP contribution in [0.3, 0.4) is 0 Å². The highest BCUT2D eigenvalue weighted by atomic mass is 19.1. The summed E-state index contributed by atoms with van der Waals surface area (Å²) in [5.41, 5.74) is 2.93. The van der Waals surface area contributed by atoms with Gasteiger partial charge in [0.15, 0.2) is 0 Å². The van der Waals surface area contributed by atoms with E-state index < -0.39 is 0 Å². The second-order valence-electron chi connectivity index (χ2n) is 7.63. The van der Waals surface area contributed by atoms with Crippen LogP contribution in [0.25, 0.3) is 23.0 Å². The summed E-state index contributed by atoms with van der Waals surface area (Å²) in [6.45, 7) is 5.97. The van der Waals surface area contributed by atoms with Crippen molar-refractivity contribution in [1.29, 1.82) is 0 Å². The molecule has 3 aromatic rings. The van der Waals surface area contributed by atoms with Gasteiger partial charge in [-0.1, -0.05) is 18.2 Å². The number of rotatable bonds is 8. The van der Waals surface area contributed by atoms with Crippen molar-refractivity contribution in [3.63, 3.8) is 0 Å². The van der Waals surface area contributed by atoms with E-state index in [1.54, 1.807) is 22.9 Å². The van der Waals surface area contributed by atoms with E-state index in [1.807, 2.05) is 57.3 Å². The largest absolute Gasteiger partial charge is 0.352 e. The second kappa shape index (κ2) is 10.5. The number of halogens is 1. The zero-order chi connectivity index (χ0) is 23.1. The van der Waals surface area contributed by atoms with Crippen LogP contribution in [-0.4, -0.2) is 45.6 Å². The smallest absolute Gasteiger partial charge is 0.247 e. The average Bonchev–Trinajstić information content (AvgIpc) is 3.20. The Kier molecular flexibility index (Phi) is 7.54. The number of aromatic nitrogens is 2. The third-order valence-electron chi connectivity index (χ3n) is 4.76. The normalized spacial score (nSPS) is 11.2. The van der Waals surface area contributed by atoms with Gasteiger partial charge in [0.2, 0.25) is 11.8 Å². The molecule has 0 fully saturated rings. The minimum Gasteiger partial charge on any atom is -0.352 e. The van der Waals surface area contributed by atoms with E-state index in [9.17, 15) is 14.0 Å². The summed E-state index contributed by atoms with van der Waals surface area (Å²) in [6, 6.07) is 15.7. The van der Waals surface area contributed by atoms with Crippen LogP contribution in [0.4, 0.5) is 4.39 Å². The minimum absolute atomic E-state index is 0.00799. The molecule has 0 radical (unpaired) electrons. The lowest BCUT2D eigenvalue weighted by atomic mass is 10.1. The first kappa shape index (κ1) is 22.9. The Labute approximate surface area is 187 Å². The molecule has 2 amide bonds. The molecule has 2 aromatic carbocycles. The fourth-order valence-corrected chi connectivity index (χ4v) is 3.21. The molecule has 6 nitrogen and oxygen atoms in total. The molecule has 3 rings (SSSR count). The number of hydrogen-bond donors (Lipinski definition) is 1. The van der Waals surface area contributed by atoms with Gasteiger partial charge in [-0.2, -0.15) is 5.10 Å². The number of carbonyl (C=O) groups is 2. The van der Waals surface area contributed by atoms with E-state index in [2.05, 4.69) is 10.4 Å². The third-order valence-corrected chi connectivity index (χ3v) is 4.76. The van der Waals surface area contributed by atoms with Crippen molar-refractivity contribution < 1.29 is 14.0 Å². The summed E-state index contributed by atoms with van der Waals surface area (Å²) in [5, 5.41) is 7.45. The maximum atomic E-state index is 13.4. The number of para-hydroxylation sites is 1. The maximum Gasteiger partial charge on any atom is 0.247 e. The zero-order valence-electron chi connectivity index (χ0n) is 18.5. The number of benzene rings is 2. The number of nitrogens with zero attached hydrogens (tertiary/aromatic N) is 3. The van der Waals surface area contributed by atoms with Gasteiger partial charge in [-0.3, -0.25) is 9.59 Å². The molecule has 0 atom stereocenters. The maximum absolute atomic E-state index is 13.4. The molecule has 1 aromatic heterocycles. The lowest BCUT2D eigenvalue weighted by Crippen LogP contribution is -2.42. The molecule has 0 aliphatic heterocycles. The summed E-state index contributed by atoms with van der Waals surface area (Å²) in [4.78, 5) is 26.2.